The van der Waals surface area contributed by atoms with Crippen LogP contribution in [0.25, 0.3) is 0 Å². The van der Waals surface area contributed by atoms with Gasteiger partial charge in [0, 0.05) is 38.2 Å². The van der Waals surface area contributed by atoms with Crippen LogP contribution in [0.5, 0.6) is 11.5 Å². The van der Waals surface area contributed by atoms with Crippen LogP contribution in [0, 0.1) is 10.1 Å². The van der Waals surface area contributed by atoms with Gasteiger partial charge >= 0.3 is 17.6 Å². The van der Waals surface area contributed by atoms with Crippen LogP contribution in [0.4, 0.5) is 11.5 Å². The fourth-order valence-corrected chi connectivity index (χ4v) is 4.59. The van der Waals surface area contributed by atoms with E-state index in [4.69, 9.17) is 18.9 Å². The van der Waals surface area contributed by atoms with Crippen molar-refractivity contribution in [2.45, 2.75) is 38.4 Å². The molecule has 2 heterocycles. The van der Waals surface area contributed by atoms with Gasteiger partial charge in [-0.05, 0) is 18.2 Å². The highest BCUT2D eigenvalue weighted by Crippen LogP contribution is 2.34. The number of benzene rings is 2. The van der Waals surface area contributed by atoms with Gasteiger partial charge in [0.05, 0.1) is 29.8 Å². The van der Waals surface area contributed by atoms with E-state index in [1.807, 2.05) is 0 Å². The summed E-state index contributed by atoms with van der Waals surface area (Å²) in [5.41, 5.74) is -1.71. The molecule has 1 aliphatic rings. The van der Waals surface area contributed by atoms with Crippen molar-refractivity contribution in [3.05, 3.63) is 86.5 Å². The highest BCUT2D eigenvalue weighted by molar-refractivity contribution is 6.03. The molecular formula is C29H29N5O13. The van der Waals surface area contributed by atoms with Gasteiger partial charge in [-0.2, -0.15) is 4.98 Å². The Morgan fingerprint density at radius 3 is 2.34 bits per heavy atom. The summed E-state index contributed by atoms with van der Waals surface area (Å²) in [5, 5.41) is 35.6. The Hall–Kier alpha value is -5.88. The number of nitro groups is 1. The van der Waals surface area contributed by atoms with Crippen LogP contribution in [-0.2, 0) is 28.5 Å². The second-order valence-corrected chi connectivity index (χ2v) is 9.98. The predicted molar refractivity (Wildman–Crippen MR) is 157 cm³/mol. The quantitative estimate of drug-likeness (QED) is 0.0700. The average Bonchev–Trinajstić information content (AvgIpc) is 3.33. The van der Waals surface area contributed by atoms with Crippen LogP contribution >= 0.6 is 0 Å². The topological polar surface area (TPSA) is 248 Å². The molecule has 47 heavy (non-hydrogen) atoms. The third kappa shape index (κ3) is 8.44. The standard InChI is InChI=1S/C29H29N5O13/c1-15(35)45-24-21(14-44-11-9-30-27(40)19-12-18(34(42)43)13-20(37)23(19)38)47-28(25(24)46-16(2)36)33-10-8-22(32-29(33)41)31-26(39)17-6-4-3-5-7-17/h3-8,10,12-13,21,24-25,28,37-38H,9,11,14H2,1-2H3,(H,30,40)(H,31,32,39,41)/t21-,24-,25-,28-/m1/s1. The van der Waals surface area contributed by atoms with Crippen LogP contribution in [0.1, 0.15) is 40.8 Å². The lowest BCUT2D eigenvalue weighted by molar-refractivity contribution is -0.385. The van der Waals surface area contributed by atoms with Crippen molar-refractivity contribution >= 4 is 35.3 Å². The van der Waals surface area contributed by atoms with Crippen molar-refractivity contribution in [2.75, 3.05) is 25.1 Å². The number of phenolic OH excluding ortho intramolecular Hbond substituents is 2. The van der Waals surface area contributed by atoms with Crippen molar-refractivity contribution in [3.63, 3.8) is 0 Å². The summed E-state index contributed by atoms with van der Waals surface area (Å²) in [6, 6.07) is 11.0. The minimum absolute atomic E-state index is 0.0609. The monoisotopic (exact) mass is 655 g/mol. The van der Waals surface area contributed by atoms with Crippen LogP contribution in [0.15, 0.2) is 59.5 Å². The van der Waals surface area contributed by atoms with Gasteiger partial charge in [-0.25, -0.2) is 4.79 Å². The van der Waals surface area contributed by atoms with Gasteiger partial charge in [0.1, 0.15) is 11.9 Å². The Bertz CT molecular complexity index is 1730. The van der Waals surface area contributed by atoms with Crippen LogP contribution < -0.4 is 16.3 Å². The number of phenols is 2. The molecule has 1 fully saturated rings. The molecule has 0 radical (unpaired) electrons. The molecule has 1 aliphatic heterocycles. The number of aromatic nitrogens is 2. The number of non-ortho nitro benzene ring substituents is 1. The zero-order valence-corrected chi connectivity index (χ0v) is 24.9. The lowest BCUT2D eigenvalue weighted by Gasteiger charge is -2.24. The fourth-order valence-electron chi connectivity index (χ4n) is 4.59. The van der Waals surface area contributed by atoms with E-state index in [-0.39, 0.29) is 25.6 Å². The summed E-state index contributed by atoms with van der Waals surface area (Å²) in [6.45, 7) is 1.57. The average molecular weight is 656 g/mol. The maximum absolute atomic E-state index is 13.0. The molecule has 18 heteroatoms. The number of carbonyl (C=O) groups excluding carboxylic acids is 4. The third-order valence-corrected chi connectivity index (χ3v) is 6.62. The molecule has 1 saturated heterocycles. The van der Waals surface area contributed by atoms with Gasteiger partial charge < -0.3 is 39.8 Å². The van der Waals surface area contributed by atoms with Crippen molar-refractivity contribution in [3.8, 4) is 11.5 Å². The fraction of sp³-hybridized carbons (Fsp3) is 0.310. The van der Waals surface area contributed by atoms with E-state index < -0.39 is 81.7 Å². The number of anilines is 1. The molecule has 18 nitrogen and oxygen atoms in total. The molecule has 0 spiro atoms. The molecule has 0 bridgehead atoms. The summed E-state index contributed by atoms with van der Waals surface area (Å²) >= 11 is 0. The highest BCUT2D eigenvalue weighted by Gasteiger charge is 2.50. The lowest BCUT2D eigenvalue weighted by Crippen LogP contribution is -2.42. The molecule has 0 aliphatic carbocycles. The molecule has 2 amide bonds. The molecule has 1 aromatic heterocycles. The molecule has 4 N–H and O–H groups in total. The first-order valence-electron chi connectivity index (χ1n) is 13.9. The number of rotatable bonds is 12. The van der Waals surface area contributed by atoms with E-state index in [0.29, 0.717) is 11.6 Å². The number of amides is 2. The Balaban J connectivity index is 1.44. The second-order valence-electron chi connectivity index (χ2n) is 9.98. The van der Waals surface area contributed by atoms with Crippen LogP contribution in [0.2, 0.25) is 0 Å². The Morgan fingerprint density at radius 1 is 1.02 bits per heavy atom. The largest absolute Gasteiger partial charge is 0.504 e. The van der Waals surface area contributed by atoms with Gasteiger partial charge in [0.15, 0.2) is 29.9 Å². The molecule has 0 unspecified atom stereocenters. The van der Waals surface area contributed by atoms with E-state index in [0.717, 1.165) is 24.5 Å². The maximum Gasteiger partial charge on any atom is 0.351 e. The van der Waals surface area contributed by atoms with Crippen LogP contribution in [-0.4, -0.2) is 86.5 Å². The molecule has 248 valence electrons. The number of aromatic hydroxyl groups is 2. The first-order chi connectivity index (χ1) is 22.3. The number of nitrogens with one attached hydrogen (secondary N) is 2. The Morgan fingerprint density at radius 2 is 1.70 bits per heavy atom. The third-order valence-electron chi connectivity index (χ3n) is 6.62. The van der Waals surface area contributed by atoms with Crippen molar-refractivity contribution < 1.29 is 53.3 Å². The summed E-state index contributed by atoms with van der Waals surface area (Å²) in [4.78, 5) is 75.9. The minimum atomic E-state index is -1.33. The number of hydrogen-bond acceptors (Lipinski definition) is 14. The number of nitro benzene ring substituents is 1. The number of hydrogen-bond donors (Lipinski definition) is 4. The van der Waals surface area contributed by atoms with Gasteiger partial charge in [0.25, 0.3) is 17.5 Å². The smallest absolute Gasteiger partial charge is 0.351 e. The van der Waals surface area contributed by atoms with Crippen molar-refractivity contribution in [2.24, 2.45) is 0 Å². The first kappa shape index (κ1) is 34.0. The Labute approximate surface area is 265 Å². The number of carbonyl (C=O) groups is 4. The van der Waals surface area contributed by atoms with Crippen molar-refractivity contribution in [1.82, 2.24) is 14.9 Å². The zero-order chi connectivity index (χ0) is 34.2. The second kappa shape index (κ2) is 14.9. The molecule has 0 saturated carbocycles. The Kier molecular flexibility index (Phi) is 10.8. The lowest BCUT2D eigenvalue weighted by atomic mass is 10.1. The van der Waals surface area contributed by atoms with E-state index in [1.165, 1.54) is 12.3 Å². The van der Waals surface area contributed by atoms with Gasteiger partial charge in [-0.15, -0.1) is 0 Å². The van der Waals surface area contributed by atoms with Crippen LogP contribution in [0.3, 0.4) is 0 Å². The highest BCUT2D eigenvalue weighted by atomic mass is 16.7. The SMILES string of the molecule is CC(=O)O[C@@H]1[C@H](OC(C)=O)[C@@H](COCCNC(=O)c2cc([N+](=O)[O-])cc(O)c2O)O[C@H]1n1ccc(NC(=O)c2ccccc2)nc1=O. The molecule has 2 aromatic carbocycles. The van der Waals surface area contributed by atoms with E-state index in [9.17, 15) is 44.3 Å². The summed E-state index contributed by atoms with van der Waals surface area (Å²) in [7, 11) is 0. The molecule has 4 atom stereocenters. The van der Waals surface area contributed by atoms with E-state index in [2.05, 4.69) is 15.6 Å². The number of esters is 2. The van der Waals surface area contributed by atoms with E-state index >= 15 is 0 Å². The summed E-state index contributed by atoms with van der Waals surface area (Å²) in [6.07, 6.45) is -3.74. The number of nitrogens with zero attached hydrogens (tertiary/aromatic N) is 3. The summed E-state index contributed by atoms with van der Waals surface area (Å²) in [5.74, 6) is -4.73. The van der Waals surface area contributed by atoms with Gasteiger partial charge in [0.2, 0.25) is 0 Å². The van der Waals surface area contributed by atoms with Crippen molar-refractivity contribution in [1.29, 1.82) is 0 Å². The van der Waals surface area contributed by atoms with Gasteiger partial charge in [-0.3, -0.25) is 33.9 Å². The zero-order valence-electron chi connectivity index (χ0n) is 24.9. The predicted octanol–water partition coefficient (Wildman–Crippen LogP) is 1.02. The maximum atomic E-state index is 13.0. The minimum Gasteiger partial charge on any atom is -0.504 e. The van der Waals surface area contributed by atoms with E-state index in [1.54, 1.807) is 30.3 Å². The first-order valence-corrected chi connectivity index (χ1v) is 13.9. The molecule has 4 rings (SSSR count). The normalized spacial score (nSPS) is 18.6. The number of ether oxygens (including phenoxy) is 4. The summed E-state index contributed by atoms with van der Waals surface area (Å²) < 4.78 is 23.3. The molecule has 3 aromatic rings. The molecular weight excluding hydrogens is 626 g/mol. The van der Waals surface area contributed by atoms with Gasteiger partial charge in [-0.1, -0.05) is 18.2 Å².